The quantitative estimate of drug-likeness (QED) is 0.140. The molecule has 3 heterocycles. The van der Waals surface area contributed by atoms with Gasteiger partial charge in [-0.25, -0.2) is 0 Å². The molecule has 0 amide bonds. The number of rotatable bonds is 8. The summed E-state index contributed by atoms with van der Waals surface area (Å²) in [6, 6.07) is 0. The van der Waals surface area contributed by atoms with Crippen molar-refractivity contribution < 1.29 is 78.1 Å². The highest BCUT2D eigenvalue weighted by Crippen LogP contribution is 2.13. The molecular weight excluding hydrogens is 610 g/mol. The minimum atomic E-state index is -2.97. The van der Waals surface area contributed by atoms with Gasteiger partial charge in [-0.1, -0.05) is 0 Å². The van der Waals surface area contributed by atoms with E-state index in [1.807, 2.05) is 0 Å². The second-order valence-electron chi connectivity index (χ2n) is 12.2. The van der Waals surface area contributed by atoms with Crippen molar-refractivity contribution in [1.29, 1.82) is 0 Å². The molecule has 0 spiro atoms. The van der Waals surface area contributed by atoms with Crippen LogP contribution in [0.15, 0.2) is 0 Å². The smallest absolute Gasteiger partial charge is 0.302 e. The van der Waals surface area contributed by atoms with Crippen molar-refractivity contribution in [3.63, 3.8) is 0 Å². The van der Waals surface area contributed by atoms with Crippen molar-refractivity contribution in [3.05, 3.63) is 0 Å². The van der Waals surface area contributed by atoms with Gasteiger partial charge in [0.25, 0.3) is 0 Å². The van der Waals surface area contributed by atoms with E-state index in [2.05, 4.69) is 21.1 Å². The van der Waals surface area contributed by atoms with Crippen molar-refractivity contribution >= 4 is 35.8 Å². The summed E-state index contributed by atoms with van der Waals surface area (Å²) in [5.74, 6) is -6.42. The summed E-state index contributed by atoms with van der Waals surface area (Å²) < 4.78 is 15.3. The molecule has 16 nitrogen and oxygen atoms in total. The molecule has 0 radical (unpaired) electrons. The van der Waals surface area contributed by atoms with Crippen molar-refractivity contribution in [2.45, 2.75) is 96.1 Å². The molecule has 0 bridgehead atoms. The van der Waals surface area contributed by atoms with Crippen LogP contribution >= 0.6 is 0 Å². The number of quaternary nitrogens is 3. The normalized spacial score (nSPS) is 25.6. The summed E-state index contributed by atoms with van der Waals surface area (Å²) in [5.41, 5.74) is -2.97. The lowest BCUT2D eigenvalue weighted by Gasteiger charge is -2.29. The SMILES string of the molecule is CC(=O)OC1CC[NH+](C)CC1.CC(=O)OC1CC[NH+](C)CC1.CC(=O)OC1CC[NH+](C)CC1.O=C([O-])CC(O)(CC(=O)[O-])C(=O)[O-]. The molecule has 3 saturated heterocycles. The van der Waals surface area contributed by atoms with E-state index in [1.54, 1.807) is 0 Å². The first-order valence-electron chi connectivity index (χ1n) is 15.6. The topological polar surface area (TPSA) is 233 Å². The summed E-state index contributed by atoms with van der Waals surface area (Å²) in [6.07, 6.45) is 3.97. The Kier molecular flexibility index (Phi) is 20.6. The van der Waals surface area contributed by atoms with Crippen molar-refractivity contribution in [2.24, 2.45) is 0 Å². The summed E-state index contributed by atoms with van der Waals surface area (Å²) >= 11 is 0. The summed E-state index contributed by atoms with van der Waals surface area (Å²) in [7, 11) is 6.51. The van der Waals surface area contributed by atoms with Gasteiger partial charge in [0, 0.05) is 84.1 Å². The van der Waals surface area contributed by atoms with Crippen molar-refractivity contribution in [2.75, 3.05) is 60.4 Å². The van der Waals surface area contributed by atoms with E-state index in [0.717, 1.165) is 77.8 Å². The standard InChI is InChI=1S/3C8H15NO2.C6H8O7/c3*1-7(10)11-8-3-5-9(2)6-4-8;7-3(8)1-6(13,5(11)12)2-4(9)10/h3*8H,3-6H2,1-2H3;13H,1-2H2,(H,7,8)(H,9,10)(H,11,12). The minimum absolute atomic E-state index is 0.144. The number of carbonyl (C=O) groups is 6. The third-order valence-corrected chi connectivity index (χ3v) is 7.61. The number of hydrogen-bond acceptors (Lipinski definition) is 13. The number of hydrogen-bond donors (Lipinski definition) is 4. The number of carbonyl (C=O) groups excluding carboxylic acids is 6. The van der Waals surface area contributed by atoms with Crippen molar-refractivity contribution in [1.82, 2.24) is 0 Å². The van der Waals surface area contributed by atoms with Gasteiger partial charge >= 0.3 is 17.9 Å². The maximum Gasteiger partial charge on any atom is 0.302 e. The molecular formula is C30H53N3O13. The number of ether oxygens (including phenoxy) is 3. The van der Waals surface area contributed by atoms with E-state index in [4.69, 9.17) is 19.3 Å². The van der Waals surface area contributed by atoms with E-state index in [1.165, 1.54) is 35.5 Å². The Balaban J connectivity index is 0.000000588. The van der Waals surface area contributed by atoms with Crippen LogP contribution in [0.2, 0.25) is 0 Å². The molecule has 0 aromatic heterocycles. The summed E-state index contributed by atoms with van der Waals surface area (Å²) in [4.78, 5) is 66.3. The maximum atomic E-state index is 10.6. The lowest BCUT2D eigenvalue weighted by atomic mass is 9.96. The molecule has 0 aliphatic carbocycles. The van der Waals surface area contributed by atoms with Gasteiger partial charge in [0.1, 0.15) is 23.9 Å². The Morgan fingerprint density at radius 1 is 0.565 bits per heavy atom. The molecule has 0 aromatic carbocycles. The van der Waals surface area contributed by atoms with E-state index in [-0.39, 0.29) is 36.2 Å². The van der Waals surface area contributed by atoms with Gasteiger partial charge in [-0.3, -0.25) is 14.4 Å². The van der Waals surface area contributed by atoms with Crippen LogP contribution in [0.25, 0.3) is 0 Å². The average molecular weight is 664 g/mol. The fraction of sp³-hybridized carbons (Fsp3) is 0.800. The highest BCUT2D eigenvalue weighted by Gasteiger charge is 2.29. The Bertz CT molecular complexity index is 872. The molecule has 46 heavy (non-hydrogen) atoms. The molecule has 4 N–H and O–H groups in total. The van der Waals surface area contributed by atoms with Gasteiger partial charge in [-0.15, -0.1) is 0 Å². The van der Waals surface area contributed by atoms with Gasteiger partial charge in [-0.2, -0.15) is 0 Å². The minimum Gasteiger partial charge on any atom is -0.550 e. The highest BCUT2D eigenvalue weighted by atomic mass is 16.6. The van der Waals surface area contributed by atoms with E-state index >= 15 is 0 Å². The second-order valence-corrected chi connectivity index (χ2v) is 12.2. The summed E-state index contributed by atoms with van der Waals surface area (Å²) in [6.45, 7) is 11.2. The second kappa shape index (κ2) is 22.2. The Morgan fingerprint density at radius 2 is 0.783 bits per heavy atom. The zero-order valence-electron chi connectivity index (χ0n) is 28.0. The highest BCUT2D eigenvalue weighted by molar-refractivity contribution is 5.86. The molecule has 266 valence electrons. The fourth-order valence-electron chi connectivity index (χ4n) is 4.99. The van der Waals surface area contributed by atoms with Gasteiger partial charge in [0.15, 0.2) is 0 Å². The molecule has 0 aromatic rings. The lowest BCUT2D eigenvalue weighted by molar-refractivity contribution is -0.885. The maximum absolute atomic E-state index is 10.6. The number of aliphatic carboxylic acids is 3. The van der Waals surface area contributed by atoms with Gasteiger partial charge < -0.3 is 63.7 Å². The number of carboxylic acid groups (broad SMARTS) is 3. The van der Waals surface area contributed by atoms with E-state index < -0.39 is 36.4 Å². The average Bonchev–Trinajstić information content (AvgIpc) is 2.92. The van der Waals surface area contributed by atoms with E-state index in [9.17, 15) is 44.1 Å². The lowest BCUT2D eigenvalue weighted by Crippen LogP contribution is -3.10. The van der Waals surface area contributed by atoms with Crippen LogP contribution in [0.3, 0.4) is 0 Å². The Hall–Kier alpha value is -3.34. The Morgan fingerprint density at radius 3 is 0.935 bits per heavy atom. The number of piperidine rings is 3. The predicted molar refractivity (Wildman–Crippen MR) is 153 cm³/mol. The number of aliphatic hydroxyl groups is 1. The molecule has 3 aliphatic heterocycles. The first kappa shape index (κ1) is 42.7. The van der Waals surface area contributed by atoms with Crippen LogP contribution in [-0.4, -0.2) is 125 Å². The zero-order valence-corrected chi connectivity index (χ0v) is 28.0. The van der Waals surface area contributed by atoms with E-state index in [0.29, 0.717) is 0 Å². The first-order valence-corrected chi connectivity index (χ1v) is 15.6. The molecule has 16 heteroatoms. The zero-order chi connectivity index (χ0) is 35.4. The third-order valence-electron chi connectivity index (χ3n) is 7.61. The molecule has 3 rings (SSSR count). The summed E-state index contributed by atoms with van der Waals surface area (Å²) in [5, 5.41) is 38.9. The number of esters is 3. The fourth-order valence-corrected chi connectivity index (χ4v) is 4.99. The van der Waals surface area contributed by atoms with Gasteiger partial charge in [0.05, 0.1) is 66.4 Å². The third kappa shape index (κ3) is 21.4. The van der Waals surface area contributed by atoms with Crippen LogP contribution < -0.4 is 30.0 Å². The van der Waals surface area contributed by atoms with Crippen LogP contribution in [0, 0.1) is 0 Å². The number of carboxylic acids is 3. The van der Waals surface area contributed by atoms with Crippen LogP contribution in [0.4, 0.5) is 0 Å². The molecule has 0 unspecified atom stereocenters. The molecule has 3 fully saturated rings. The Labute approximate surface area is 270 Å². The van der Waals surface area contributed by atoms with Gasteiger partial charge in [-0.05, 0) is 0 Å². The molecule has 3 aliphatic rings. The number of nitrogens with one attached hydrogen (secondary N) is 3. The first-order chi connectivity index (χ1) is 21.3. The van der Waals surface area contributed by atoms with Crippen LogP contribution in [0.1, 0.15) is 72.1 Å². The van der Waals surface area contributed by atoms with Gasteiger partial charge in [0.2, 0.25) is 0 Å². The molecule has 0 atom stereocenters. The largest absolute Gasteiger partial charge is 0.550 e. The van der Waals surface area contributed by atoms with Crippen LogP contribution in [0.5, 0.6) is 0 Å². The predicted octanol–water partition coefficient (Wildman–Crippen LogP) is -7.57. The van der Waals surface area contributed by atoms with Crippen molar-refractivity contribution in [3.8, 4) is 0 Å². The monoisotopic (exact) mass is 663 g/mol. The number of likely N-dealkylation sites (tertiary alicyclic amines) is 3. The molecule has 0 saturated carbocycles. The van der Waals surface area contributed by atoms with Crippen LogP contribution in [-0.2, 0) is 43.0 Å².